The standard InChI is InChI=1S/C19H16Cl2N2O5S/c20-13-4-7-16(17(21)9-13)18-10-14(28-23-18)11-27-19(24)8-3-12-1-5-15(6-2-12)29(22,25)26/h1-2,4-7,9-10H,3,8,11H2,(H2,22,25,26). The molecule has 0 radical (unpaired) electrons. The molecular weight excluding hydrogens is 439 g/mol. The molecule has 3 rings (SSSR count). The van der Waals surface area contributed by atoms with E-state index in [0.29, 0.717) is 33.5 Å². The number of carbonyl (C=O) groups is 1. The van der Waals surface area contributed by atoms with Crippen LogP contribution in [0.1, 0.15) is 17.7 Å². The van der Waals surface area contributed by atoms with Gasteiger partial charge in [0.15, 0.2) is 12.4 Å². The summed E-state index contributed by atoms with van der Waals surface area (Å²) in [5.41, 5.74) is 1.95. The number of halogens is 2. The van der Waals surface area contributed by atoms with Gasteiger partial charge in [-0.3, -0.25) is 4.79 Å². The molecule has 0 saturated heterocycles. The van der Waals surface area contributed by atoms with Gasteiger partial charge in [0.05, 0.1) is 9.92 Å². The molecule has 0 saturated carbocycles. The molecule has 7 nitrogen and oxygen atoms in total. The van der Waals surface area contributed by atoms with Crippen molar-refractivity contribution >= 4 is 39.2 Å². The molecule has 0 aliphatic carbocycles. The molecule has 0 spiro atoms. The number of nitrogens with zero attached hydrogens (tertiary/aromatic N) is 1. The van der Waals surface area contributed by atoms with Crippen LogP contribution in [-0.4, -0.2) is 19.5 Å². The minimum absolute atomic E-state index is 0.0192. The van der Waals surface area contributed by atoms with Crippen LogP contribution in [0.2, 0.25) is 10.0 Å². The molecule has 0 atom stereocenters. The fraction of sp³-hybridized carbons (Fsp3) is 0.158. The number of benzene rings is 2. The second-order valence-electron chi connectivity index (χ2n) is 6.15. The summed E-state index contributed by atoms with van der Waals surface area (Å²) in [5.74, 6) is -0.0557. The van der Waals surface area contributed by atoms with E-state index >= 15 is 0 Å². The van der Waals surface area contributed by atoms with Crippen molar-refractivity contribution in [2.75, 3.05) is 0 Å². The third-order valence-corrected chi connectivity index (χ3v) is 5.49. The maximum Gasteiger partial charge on any atom is 0.306 e. The van der Waals surface area contributed by atoms with Crippen LogP contribution in [0.5, 0.6) is 0 Å². The SMILES string of the molecule is NS(=O)(=O)c1ccc(CCC(=O)OCc2cc(-c3ccc(Cl)cc3Cl)no2)cc1. The van der Waals surface area contributed by atoms with Gasteiger partial charge in [-0.1, -0.05) is 40.5 Å². The van der Waals surface area contributed by atoms with E-state index < -0.39 is 16.0 Å². The van der Waals surface area contributed by atoms with Crippen molar-refractivity contribution < 1.29 is 22.5 Å². The van der Waals surface area contributed by atoms with Gasteiger partial charge in [0, 0.05) is 23.1 Å². The topological polar surface area (TPSA) is 112 Å². The summed E-state index contributed by atoms with van der Waals surface area (Å²) in [6.45, 7) is -0.0681. The number of hydrogen-bond donors (Lipinski definition) is 1. The zero-order chi connectivity index (χ0) is 21.0. The summed E-state index contributed by atoms with van der Waals surface area (Å²) in [4.78, 5) is 12.0. The van der Waals surface area contributed by atoms with E-state index in [-0.39, 0.29) is 17.9 Å². The van der Waals surface area contributed by atoms with Gasteiger partial charge in [-0.05, 0) is 42.3 Å². The molecule has 1 aromatic heterocycles. The van der Waals surface area contributed by atoms with Crippen LogP contribution in [0.15, 0.2) is 57.9 Å². The van der Waals surface area contributed by atoms with Gasteiger partial charge in [0.2, 0.25) is 10.0 Å². The second kappa shape index (κ2) is 8.96. The number of hydrogen-bond acceptors (Lipinski definition) is 6. The fourth-order valence-corrected chi connectivity index (χ4v) is 3.54. The molecule has 0 aliphatic heterocycles. The maximum absolute atomic E-state index is 11.9. The molecule has 0 unspecified atom stereocenters. The molecule has 152 valence electrons. The molecule has 1 heterocycles. The molecule has 2 N–H and O–H groups in total. The molecule has 3 aromatic rings. The molecule has 2 aromatic carbocycles. The van der Waals surface area contributed by atoms with Crippen LogP contribution < -0.4 is 5.14 Å². The Kier molecular flexibility index (Phi) is 6.59. The van der Waals surface area contributed by atoms with Gasteiger partial charge in [-0.25, -0.2) is 13.6 Å². The predicted octanol–water partition coefficient (Wildman–Crippen LogP) is 3.97. The summed E-state index contributed by atoms with van der Waals surface area (Å²) in [6.07, 6.45) is 0.518. The van der Waals surface area contributed by atoms with E-state index in [0.717, 1.165) is 5.56 Å². The normalized spacial score (nSPS) is 11.4. The monoisotopic (exact) mass is 454 g/mol. The lowest BCUT2D eigenvalue weighted by Crippen LogP contribution is -2.12. The van der Waals surface area contributed by atoms with Crippen LogP contribution in [0.3, 0.4) is 0 Å². The average molecular weight is 455 g/mol. The van der Waals surface area contributed by atoms with Crippen LogP contribution in [0, 0.1) is 0 Å². The zero-order valence-electron chi connectivity index (χ0n) is 15.0. The summed E-state index contributed by atoms with van der Waals surface area (Å²) < 4.78 is 32.8. The minimum atomic E-state index is -3.74. The Bertz CT molecular complexity index is 1130. The van der Waals surface area contributed by atoms with Crippen molar-refractivity contribution in [3.63, 3.8) is 0 Å². The number of ether oxygens (including phenoxy) is 1. The highest BCUT2D eigenvalue weighted by Gasteiger charge is 2.13. The highest BCUT2D eigenvalue weighted by atomic mass is 35.5. The van der Waals surface area contributed by atoms with Crippen molar-refractivity contribution in [3.8, 4) is 11.3 Å². The van der Waals surface area contributed by atoms with E-state index in [1.54, 1.807) is 36.4 Å². The van der Waals surface area contributed by atoms with Crippen molar-refractivity contribution in [2.45, 2.75) is 24.3 Å². The minimum Gasteiger partial charge on any atom is -0.457 e. The highest BCUT2D eigenvalue weighted by Crippen LogP contribution is 2.30. The summed E-state index contributed by atoms with van der Waals surface area (Å²) in [5, 5.41) is 9.91. The smallest absolute Gasteiger partial charge is 0.306 e. The van der Waals surface area contributed by atoms with E-state index in [9.17, 15) is 13.2 Å². The summed E-state index contributed by atoms with van der Waals surface area (Å²) in [6, 6.07) is 12.6. The van der Waals surface area contributed by atoms with Crippen LogP contribution >= 0.6 is 23.2 Å². The lowest BCUT2D eigenvalue weighted by molar-refractivity contribution is -0.145. The number of esters is 1. The van der Waals surface area contributed by atoms with Crippen molar-refractivity contribution in [1.82, 2.24) is 5.16 Å². The molecule has 0 fully saturated rings. The van der Waals surface area contributed by atoms with Crippen molar-refractivity contribution in [3.05, 3.63) is 69.9 Å². The van der Waals surface area contributed by atoms with Crippen molar-refractivity contribution in [2.24, 2.45) is 5.14 Å². The molecule has 10 heteroatoms. The van der Waals surface area contributed by atoms with Crippen LogP contribution in [-0.2, 0) is 32.6 Å². The average Bonchev–Trinajstić information content (AvgIpc) is 3.13. The Morgan fingerprint density at radius 1 is 1.10 bits per heavy atom. The number of nitrogens with two attached hydrogens (primary N) is 1. The molecule has 0 amide bonds. The third-order valence-electron chi connectivity index (χ3n) is 4.01. The Morgan fingerprint density at radius 2 is 1.83 bits per heavy atom. The van der Waals surface area contributed by atoms with Crippen molar-refractivity contribution in [1.29, 1.82) is 0 Å². The van der Waals surface area contributed by atoms with Gasteiger partial charge >= 0.3 is 5.97 Å². The first kappa shape index (κ1) is 21.3. The van der Waals surface area contributed by atoms with Gasteiger partial charge in [0.1, 0.15) is 5.69 Å². The molecular formula is C19H16Cl2N2O5S. The van der Waals surface area contributed by atoms with E-state index in [4.69, 9.17) is 37.6 Å². The van der Waals surface area contributed by atoms with Crippen LogP contribution in [0.4, 0.5) is 0 Å². The van der Waals surface area contributed by atoms with E-state index in [1.165, 1.54) is 12.1 Å². The van der Waals surface area contributed by atoms with Crippen LogP contribution in [0.25, 0.3) is 11.3 Å². The first-order valence-corrected chi connectivity index (χ1v) is 10.7. The first-order chi connectivity index (χ1) is 13.7. The Hall–Kier alpha value is -2.39. The predicted molar refractivity (Wildman–Crippen MR) is 108 cm³/mol. The zero-order valence-corrected chi connectivity index (χ0v) is 17.3. The van der Waals surface area contributed by atoms with Gasteiger partial charge in [-0.15, -0.1) is 0 Å². The number of sulfonamides is 1. The summed E-state index contributed by atoms with van der Waals surface area (Å²) >= 11 is 12.0. The maximum atomic E-state index is 11.9. The number of aryl methyl sites for hydroxylation is 1. The second-order valence-corrected chi connectivity index (χ2v) is 8.56. The number of carbonyl (C=O) groups excluding carboxylic acids is 1. The lowest BCUT2D eigenvalue weighted by Gasteiger charge is -2.04. The number of aromatic nitrogens is 1. The number of rotatable bonds is 7. The number of primary sulfonamides is 1. The molecule has 29 heavy (non-hydrogen) atoms. The molecule has 0 aliphatic rings. The largest absolute Gasteiger partial charge is 0.457 e. The lowest BCUT2D eigenvalue weighted by atomic mass is 10.1. The molecule has 0 bridgehead atoms. The first-order valence-electron chi connectivity index (χ1n) is 8.41. The third kappa shape index (κ3) is 5.80. The quantitative estimate of drug-likeness (QED) is 0.540. The van der Waals surface area contributed by atoms with Gasteiger partial charge in [0.25, 0.3) is 0 Å². The Morgan fingerprint density at radius 3 is 2.48 bits per heavy atom. The van der Waals surface area contributed by atoms with Gasteiger partial charge < -0.3 is 9.26 Å². The summed E-state index contributed by atoms with van der Waals surface area (Å²) in [7, 11) is -3.74. The highest BCUT2D eigenvalue weighted by molar-refractivity contribution is 7.89. The Balaban J connectivity index is 1.51. The fourth-order valence-electron chi connectivity index (χ4n) is 2.52. The van der Waals surface area contributed by atoms with E-state index in [1.807, 2.05) is 0 Å². The van der Waals surface area contributed by atoms with E-state index in [2.05, 4.69) is 5.16 Å². The van der Waals surface area contributed by atoms with Gasteiger partial charge in [-0.2, -0.15) is 0 Å². The Labute approximate surface area is 177 Å².